The van der Waals surface area contributed by atoms with Crippen LogP contribution in [-0.4, -0.2) is 23.9 Å². The van der Waals surface area contributed by atoms with Crippen LogP contribution in [-0.2, 0) is 0 Å². The normalized spacial score (nSPS) is 36.8. The summed E-state index contributed by atoms with van der Waals surface area (Å²) in [6, 6.07) is -3.86. The van der Waals surface area contributed by atoms with Gasteiger partial charge in [-0.2, -0.15) is 8.78 Å². The summed E-state index contributed by atoms with van der Waals surface area (Å²) in [5.74, 6) is 0. The fraction of sp³-hybridized carbons (Fsp3) is 1.00. The molecule has 0 bridgehead atoms. The lowest BCUT2D eigenvalue weighted by molar-refractivity contribution is -0.338. The van der Waals surface area contributed by atoms with Gasteiger partial charge in [0.05, 0.1) is 6.54 Å². The zero-order chi connectivity index (χ0) is 6.36. The van der Waals surface area contributed by atoms with E-state index in [1.165, 1.54) is 0 Å². The number of hydrogen-bond acceptors (Lipinski definition) is 1. The van der Waals surface area contributed by atoms with E-state index in [4.69, 9.17) is 0 Å². The minimum atomic E-state index is -3.86. The molecule has 0 aromatic heterocycles. The summed E-state index contributed by atoms with van der Waals surface area (Å²) in [4.78, 5) is 0. The van der Waals surface area contributed by atoms with Crippen molar-refractivity contribution in [2.75, 3.05) is 6.54 Å². The van der Waals surface area contributed by atoms with E-state index in [9.17, 15) is 17.7 Å². The van der Waals surface area contributed by atoms with Crippen LogP contribution in [0.25, 0.3) is 0 Å². The van der Waals surface area contributed by atoms with Crippen LogP contribution in [0, 0.1) is 0 Å². The maximum absolute atomic E-state index is 11.5. The highest BCUT2D eigenvalue weighted by atomic mass is 19.3. The largest absolute Gasteiger partial charge is 0.362 e. The van der Waals surface area contributed by atoms with E-state index in [-0.39, 0.29) is 0 Å². The standard InChI is InChI=1S/C3H3F4N/c4-2-1-8(7)3(2,5)6/h2H,1H2. The van der Waals surface area contributed by atoms with Crippen LogP contribution in [0.5, 0.6) is 0 Å². The molecule has 1 rings (SSSR count). The average molecular weight is 129 g/mol. The van der Waals surface area contributed by atoms with Gasteiger partial charge in [0.1, 0.15) is 0 Å². The first-order valence-corrected chi connectivity index (χ1v) is 2.00. The molecule has 0 amide bonds. The van der Waals surface area contributed by atoms with Crippen LogP contribution in [0.3, 0.4) is 0 Å². The summed E-state index contributed by atoms with van der Waals surface area (Å²) < 4.78 is 45.9. The van der Waals surface area contributed by atoms with Gasteiger partial charge >= 0.3 is 6.05 Å². The van der Waals surface area contributed by atoms with Crippen molar-refractivity contribution in [2.45, 2.75) is 12.2 Å². The van der Waals surface area contributed by atoms with E-state index in [1.807, 2.05) is 0 Å². The van der Waals surface area contributed by atoms with E-state index in [0.717, 1.165) is 0 Å². The smallest absolute Gasteiger partial charge is 0.238 e. The van der Waals surface area contributed by atoms with Crippen molar-refractivity contribution in [2.24, 2.45) is 0 Å². The first-order chi connectivity index (χ1) is 3.55. The Hall–Kier alpha value is -0.320. The third-order valence-electron chi connectivity index (χ3n) is 1.02. The van der Waals surface area contributed by atoms with Crippen molar-refractivity contribution in [3.63, 3.8) is 0 Å². The molecular weight excluding hydrogens is 126 g/mol. The fourth-order valence-electron chi connectivity index (χ4n) is 0.412. The Balaban J connectivity index is 2.52. The molecule has 0 spiro atoms. The van der Waals surface area contributed by atoms with Gasteiger partial charge in [-0.1, -0.05) is 5.12 Å². The molecule has 1 saturated heterocycles. The second kappa shape index (κ2) is 1.34. The topological polar surface area (TPSA) is 3.24 Å². The lowest BCUT2D eigenvalue weighted by Gasteiger charge is -2.35. The molecule has 0 saturated carbocycles. The predicted octanol–water partition coefficient (Wildman–Crippen LogP) is 1.12. The second-order valence-electron chi connectivity index (χ2n) is 1.60. The molecule has 1 unspecified atom stereocenters. The number of rotatable bonds is 0. The number of alkyl halides is 3. The van der Waals surface area contributed by atoms with Crippen molar-refractivity contribution < 1.29 is 17.7 Å². The van der Waals surface area contributed by atoms with Gasteiger partial charge in [-0.15, -0.1) is 4.48 Å². The maximum Gasteiger partial charge on any atom is 0.362 e. The number of nitrogens with zero attached hydrogens (tertiary/aromatic N) is 1. The van der Waals surface area contributed by atoms with Gasteiger partial charge in [0.2, 0.25) is 0 Å². The van der Waals surface area contributed by atoms with Gasteiger partial charge in [0, 0.05) is 0 Å². The molecule has 8 heavy (non-hydrogen) atoms. The minimum Gasteiger partial charge on any atom is -0.238 e. The SMILES string of the molecule is FC1CN(F)C1(F)F. The molecule has 48 valence electrons. The van der Waals surface area contributed by atoms with Gasteiger partial charge in [0.15, 0.2) is 6.17 Å². The Morgan fingerprint density at radius 2 is 2.00 bits per heavy atom. The summed E-state index contributed by atoms with van der Waals surface area (Å²) in [6.07, 6.45) is -2.33. The van der Waals surface area contributed by atoms with Crippen LogP contribution in [0.2, 0.25) is 0 Å². The zero-order valence-corrected chi connectivity index (χ0v) is 3.74. The molecule has 1 atom stereocenters. The molecule has 1 aliphatic heterocycles. The van der Waals surface area contributed by atoms with E-state index in [2.05, 4.69) is 0 Å². The summed E-state index contributed by atoms with van der Waals surface area (Å²) in [5.41, 5.74) is 0. The monoisotopic (exact) mass is 129 g/mol. The Morgan fingerprint density at radius 3 is 2.00 bits per heavy atom. The van der Waals surface area contributed by atoms with Crippen LogP contribution in [0.4, 0.5) is 17.7 Å². The highest BCUT2D eigenvalue weighted by Crippen LogP contribution is 2.36. The molecule has 1 nitrogen and oxygen atoms in total. The molecule has 0 aromatic rings. The fourth-order valence-corrected chi connectivity index (χ4v) is 0.412. The highest BCUT2D eigenvalue weighted by Gasteiger charge is 2.58. The quantitative estimate of drug-likeness (QED) is 0.269. The Labute approximate surface area is 42.8 Å². The maximum atomic E-state index is 11.5. The molecule has 1 aliphatic rings. The Morgan fingerprint density at radius 1 is 1.50 bits per heavy atom. The molecule has 0 aliphatic carbocycles. The highest BCUT2D eigenvalue weighted by molar-refractivity contribution is 4.85. The third-order valence-corrected chi connectivity index (χ3v) is 1.02. The molecule has 5 heteroatoms. The molecule has 1 heterocycles. The van der Waals surface area contributed by atoms with Crippen LogP contribution < -0.4 is 0 Å². The van der Waals surface area contributed by atoms with E-state index < -0.39 is 23.9 Å². The molecular formula is C3H3F4N. The van der Waals surface area contributed by atoms with Crippen molar-refractivity contribution in [3.8, 4) is 0 Å². The van der Waals surface area contributed by atoms with Crippen molar-refractivity contribution in [1.29, 1.82) is 0 Å². The lowest BCUT2D eigenvalue weighted by atomic mass is 10.2. The van der Waals surface area contributed by atoms with Gasteiger partial charge in [-0.05, 0) is 0 Å². The van der Waals surface area contributed by atoms with Gasteiger partial charge in [-0.25, -0.2) is 4.39 Å². The minimum absolute atomic E-state index is 0.812. The Bertz CT molecular complexity index is 93.5. The van der Waals surface area contributed by atoms with Gasteiger partial charge in [-0.3, -0.25) is 0 Å². The van der Waals surface area contributed by atoms with Gasteiger partial charge < -0.3 is 0 Å². The van der Waals surface area contributed by atoms with Crippen LogP contribution in [0.15, 0.2) is 0 Å². The van der Waals surface area contributed by atoms with Crippen molar-refractivity contribution in [3.05, 3.63) is 0 Å². The molecule has 0 radical (unpaired) electrons. The predicted molar refractivity (Wildman–Crippen MR) is 17.7 cm³/mol. The van der Waals surface area contributed by atoms with Crippen LogP contribution >= 0.6 is 0 Å². The molecule has 0 aromatic carbocycles. The van der Waals surface area contributed by atoms with E-state index >= 15 is 0 Å². The molecule has 1 fully saturated rings. The number of hydrogen-bond donors (Lipinski definition) is 0. The van der Waals surface area contributed by atoms with E-state index in [0.29, 0.717) is 0 Å². The Kier molecular flexibility index (Phi) is 0.974. The first kappa shape index (κ1) is 5.81. The summed E-state index contributed by atoms with van der Waals surface area (Å²) in [7, 11) is 0. The summed E-state index contributed by atoms with van der Waals surface area (Å²) in [6.45, 7) is -0.812. The van der Waals surface area contributed by atoms with E-state index in [1.54, 1.807) is 0 Å². The first-order valence-electron chi connectivity index (χ1n) is 2.00. The second-order valence-corrected chi connectivity index (χ2v) is 1.60. The summed E-state index contributed by atoms with van der Waals surface area (Å²) >= 11 is 0. The van der Waals surface area contributed by atoms with Crippen molar-refractivity contribution >= 4 is 0 Å². The lowest BCUT2D eigenvalue weighted by Crippen LogP contribution is -2.59. The number of halogens is 4. The molecule has 0 N–H and O–H groups in total. The van der Waals surface area contributed by atoms with Gasteiger partial charge in [0.25, 0.3) is 0 Å². The van der Waals surface area contributed by atoms with Crippen LogP contribution in [0.1, 0.15) is 0 Å². The zero-order valence-electron chi connectivity index (χ0n) is 3.74. The third kappa shape index (κ3) is 0.506. The van der Waals surface area contributed by atoms with Crippen molar-refractivity contribution in [1.82, 2.24) is 5.12 Å². The summed E-state index contributed by atoms with van der Waals surface area (Å²) in [5, 5.41) is -0.822. The average Bonchev–Trinajstić information content (AvgIpc) is 1.68.